The summed E-state index contributed by atoms with van der Waals surface area (Å²) in [6.07, 6.45) is 0.660. The number of carbonyl (C=O) groups excluding carboxylic acids is 1. The molecule has 18 heavy (non-hydrogen) atoms. The second-order valence-corrected chi connectivity index (χ2v) is 6.23. The predicted octanol–water partition coefficient (Wildman–Crippen LogP) is 3.19. The first-order chi connectivity index (χ1) is 8.24. The van der Waals surface area contributed by atoms with Gasteiger partial charge in [-0.1, -0.05) is 6.92 Å². The van der Waals surface area contributed by atoms with E-state index in [-0.39, 0.29) is 12.1 Å². The molecule has 102 valence electrons. The van der Waals surface area contributed by atoms with Crippen molar-refractivity contribution in [2.24, 2.45) is 11.8 Å². The highest BCUT2D eigenvalue weighted by Gasteiger charge is 2.35. The summed E-state index contributed by atoms with van der Waals surface area (Å²) in [4.78, 5) is 17.3. The Morgan fingerprint density at radius 2 is 2.11 bits per heavy atom. The molecule has 3 unspecified atom stereocenters. The lowest BCUT2D eigenvalue weighted by Gasteiger charge is -2.37. The molecule has 0 bridgehead atoms. The molecule has 4 nitrogen and oxygen atoms in total. The Hall–Kier alpha value is -1.24. The molecule has 1 saturated heterocycles. The van der Waals surface area contributed by atoms with Gasteiger partial charge in [-0.05, 0) is 33.1 Å². The maximum absolute atomic E-state index is 11.9. The van der Waals surface area contributed by atoms with E-state index >= 15 is 0 Å². The number of rotatable bonds is 1. The van der Waals surface area contributed by atoms with Gasteiger partial charge in [-0.25, -0.2) is 11.4 Å². The van der Waals surface area contributed by atoms with Gasteiger partial charge in [0.1, 0.15) is 5.60 Å². The first kappa shape index (κ1) is 14.8. The zero-order chi connectivity index (χ0) is 13.9. The molecular weight excluding hydrogens is 228 g/mol. The van der Waals surface area contributed by atoms with Crippen LogP contribution in [0.2, 0.25) is 0 Å². The number of piperidine rings is 1. The summed E-state index contributed by atoms with van der Waals surface area (Å²) in [6.45, 7) is 18.2. The highest BCUT2D eigenvalue weighted by atomic mass is 16.6. The van der Waals surface area contributed by atoms with E-state index in [9.17, 15) is 4.79 Å². The molecule has 0 spiro atoms. The molecular formula is C14H24N2O2. The van der Waals surface area contributed by atoms with Gasteiger partial charge in [-0.3, -0.25) is 0 Å². The highest BCUT2D eigenvalue weighted by molar-refractivity contribution is 5.68. The number of carbonyl (C=O) groups is 1. The molecule has 0 aromatic rings. The Morgan fingerprint density at radius 3 is 2.56 bits per heavy atom. The summed E-state index contributed by atoms with van der Waals surface area (Å²) >= 11 is 0. The third-order valence-electron chi connectivity index (χ3n) is 3.45. The molecule has 1 heterocycles. The quantitative estimate of drug-likeness (QED) is 0.672. The van der Waals surface area contributed by atoms with Gasteiger partial charge in [0.2, 0.25) is 6.04 Å². The molecule has 1 rings (SSSR count). The minimum atomic E-state index is -0.443. The van der Waals surface area contributed by atoms with Crippen LogP contribution in [0.4, 0.5) is 4.79 Å². The topological polar surface area (TPSA) is 33.9 Å². The van der Waals surface area contributed by atoms with Crippen LogP contribution in [0.15, 0.2) is 0 Å². The van der Waals surface area contributed by atoms with Crippen molar-refractivity contribution >= 4 is 6.09 Å². The van der Waals surface area contributed by atoms with Crippen molar-refractivity contribution in [3.63, 3.8) is 0 Å². The van der Waals surface area contributed by atoms with Gasteiger partial charge >= 0.3 is 6.09 Å². The van der Waals surface area contributed by atoms with Crippen LogP contribution in [0.25, 0.3) is 4.85 Å². The minimum Gasteiger partial charge on any atom is -0.444 e. The Balaban J connectivity index is 2.56. The van der Waals surface area contributed by atoms with E-state index in [1.807, 2.05) is 27.7 Å². The van der Waals surface area contributed by atoms with Crippen LogP contribution in [0.3, 0.4) is 0 Å². The van der Waals surface area contributed by atoms with E-state index in [2.05, 4.69) is 11.8 Å². The lowest BCUT2D eigenvalue weighted by atomic mass is 9.82. The van der Waals surface area contributed by atoms with Gasteiger partial charge in [0.15, 0.2) is 0 Å². The number of likely N-dealkylation sites (tertiary alicyclic amines) is 1. The summed E-state index contributed by atoms with van der Waals surface area (Å²) in [5.41, 5.74) is -0.443. The van der Waals surface area contributed by atoms with Crippen molar-refractivity contribution in [1.82, 2.24) is 4.90 Å². The molecule has 1 fully saturated rings. The fourth-order valence-electron chi connectivity index (χ4n) is 2.47. The molecule has 4 heteroatoms. The van der Waals surface area contributed by atoms with Crippen LogP contribution in [0, 0.1) is 18.4 Å². The Labute approximate surface area is 110 Å². The van der Waals surface area contributed by atoms with Crippen LogP contribution >= 0.6 is 0 Å². The molecule has 0 aromatic heterocycles. The SMILES string of the molecule is [C-]#[N+]C(C)C1CCN(C(=O)OC(C)(C)C)CC1C. The monoisotopic (exact) mass is 252 g/mol. The smallest absolute Gasteiger partial charge is 0.410 e. The molecule has 3 atom stereocenters. The van der Waals surface area contributed by atoms with Crippen LogP contribution in [0.1, 0.15) is 41.0 Å². The molecule has 0 saturated carbocycles. The van der Waals surface area contributed by atoms with Crippen LogP contribution < -0.4 is 0 Å². The third-order valence-corrected chi connectivity index (χ3v) is 3.45. The van der Waals surface area contributed by atoms with E-state index in [0.29, 0.717) is 24.9 Å². The first-order valence-corrected chi connectivity index (χ1v) is 6.59. The maximum Gasteiger partial charge on any atom is 0.410 e. The minimum absolute atomic E-state index is 0.0424. The standard InChI is InChI=1S/C14H24N2O2/c1-10-9-16(13(17)18-14(3,4)5)8-7-12(10)11(2)15-6/h10-12H,7-9H2,1-5H3. The number of ether oxygens (including phenoxy) is 1. The maximum atomic E-state index is 11.9. The predicted molar refractivity (Wildman–Crippen MR) is 71.1 cm³/mol. The third kappa shape index (κ3) is 3.90. The van der Waals surface area contributed by atoms with E-state index in [1.165, 1.54) is 0 Å². The Morgan fingerprint density at radius 1 is 1.50 bits per heavy atom. The van der Waals surface area contributed by atoms with Gasteiger partial charge in [0.25, 0.3) is 0 Å². The average Bonchev–Trinajstić information content (AvgIpc) is 2.25. The van der Waals surface area contributed by atoms with E-state index < -0.39 is 5.60 Å². The van der Waals surface area contributed by atoms with Crippen LogP contribution in [0.5, 0.6) is 0 Å². The summed E-state index contributed by atoms with van der Waals surface area (Å²) < 4.78 is 5.37. The average molecular weight is 252 g/mol. The number of amides is 1. The summed E-state index contributed by atoms with van der Waals surface area (Å²) in [5, 5.41) is 0. The summed E-state index contributed by atoms with van der Waals surface area (Å²) in [6, 6.07) is 0.0424. The van der Waals surface area contributed by atoms with Crippen molar-refractivity contribution in [2.45, 2.75) is 52.7 Å². The Bertz CT molecular complexity index is 341. The number of nitrogens with zero attached hydrogens (tertiary/aromatic N) is 2. The van der Waals surface area contributed by atoms with E-state index in [0.717, 1.165) is 6.42 Å². The van der Waals surface area contributed by atoms with Crippen molar-refractivity contribution in [3.05, 3.63) is 11.4 Å². The zero-order valence-corrected chi connectivity index (χ0v) is 12.1. The van der Waals surface area contributed by atoms with Crippen molar-refractivity contribution in [3.8, 4) is 0 Å². The summed E-state index contributed by atoms with van der Waals surface area (Å²) in [7, 11) is 0. The van der Waals surface area contributed by atoms with Gasteiger partial charge in [0.05, 0.1) is 0 Å². The van der Waals surface area contributed by atoms with E-state index in [1.54, 1.807) is 4.90 Å². The van der Waals surface area contributed by atoms with Gasteiger partial charge in [-0.2, -0.15) is 0 Å². The van der Waals surface area contributed by atoms with Crippen molar-refractivity contribution < 1.29 is 9.53 Å². The fourth-order valence-corrected chi connectivity index (χ4v) is 2.47. The molecule has 0 aromatic carbocycles. The van der Waals surface area contributed by atoms with Crippen LogP contribution in [-0.4, -0.2) is 35.7 Å². The zero-order valence-electron chi connectivity index (χ0n) is 12.1. The molecule has 0 radical (unpaired) electrons. The first-order valence-electron chi connectivity index (χ1n) is 6.59. The highest BCUT2D eigenvalue weighted by Crippen LogP contribution is 2.28. The lowest BCUT2D eigenvalue weighted by molar-refractivity contribution is 0.0110. The molecule has 1 aliphatic rings. The van der Waals surface area contributed by atoms with Crippen molar-refractivity contribution in [2.75, 3.05) is 13.1 Å². The lowest BCUT2D eigenvalue weighted by Crippen LogP contribution is -2.46. The second-order valence-electron chi connectivity index (χ2n) is 6.23. The molecule has 0 aliphatic carbocycles. The number of hydrogen-bond acceptors (Lipinski definition) is 2. The van der Waals surface area contributed by atoms with Crippen molar-refractivity contribution in [1.29, 1.82) is 0 Å². The molecule has 1 amide bonds. The number of hydrogen-bond donors (Lipinski definition) is 0. The van der Waals surface area contributed by atoms with Crippen LogP contribution in [-0.2, 0) is 4.74 Å². The summed E-state index contributed by atoms with van der Waals surface area (Å²) in [5.74, 6) is 0.747. The fraction of sp³-hybridized carbons (Fsp3) is 0.857. The van der Waals surface area contributed by atoms with Gasteiger partial charge < -0.3 is 14.5 Å². The Kier molecular flexibility index (Phi) is 4.61. The normalized spacial score (nSPS) is 26.3. The molecule has 1 aliphatic heterocycles. The van der Waals surface area contributed by atoms with E-state index in [4.69, 9.17) is 11.3 Å². The molecule has 0 N–H and O–H groups in total. The van der Waals surface area contributed by atoms with Gasteiger partial charge in [-0.15, -0.1) is 0 Å². The van der Waals surface area contributed by atoms with Gasteiger partial charge in [0, 0.05) is 25.9 Å². The largest absolute Gasteiger partial charge is 0.444 e. The second kappa shape index (κ2) is 5.60.